The molecular weight excluding hydrogens is 558 g/mol. The quantitative estimate of drug-likeness (QED) is 0.0953. The zero-order valence-corrected chi connectivity index (χ0v) is 23.1. The summed E-state index contributed by atoms with van der Waals surface area (Å²) < 4.78 is 11.7. The number of amides is 1. The number of ether oxygens (including phenoxy) is 1. The SMILES string of the molecule is C=CCOc1ccc(C2C(C(=O)c3ccc(C)o3)=C(O)C(=O)N2c2nnc(SCc3ccccc3Cl)s2)cc1. The van der Waals surface area contributed by atoms with Crippen LogP contribution in [0.15, 0.2) is 93.4 Å². The molecule has 11 heteroatoms. The molecule has 39 heavy (non-hydrogen) atoms. The third kappa shape index (κ3) is 5.49. The molecule has 0 aliphatic carbocycles. The first-order valence-corrected chi connectivity index (χ1v) is 14.0. The monoisotopic (exact) mass is 579 g/mol. The fourth-order valence-electron chi connectivity index (χ4n) is 4.05. The van der Waals surface area contributed by atoms with Crippen molar-refractivity contribution < 1.29 is 23.8 Å². The molecule has 2 aromatic heterocycles. The topological polar surface area (TPSA) is 106 Å². The van der Waals surface area contributed by atoms with Crippen molar-refractivity contribution in [3.05, 3.63) is 112 Å². The number of carbonyl (C=O) groups excluding carboxylic acids is 2. The molecule has 1 amide bonds. The number of thioether (sulfide) groups is 1. The summed E-state index contributed by atoms with van der Waals surface area (Å²) in [5.41, 5.74) is 1.41. The Balaban J connectivity index is 1.49. The highest BCUT2D eigenvalue weighted by Gasteiger charge is 2.46. The molecule has 198 valence electrons. The van der Waals surface area contributed by atoms with E-state index < -0.39 is 23.5 Å². The van der Waals surface area contributed by atoms with E-state index in [0.717, 1.165) is 5.56 Å². The summed E-state index contributed by atoms with van der Waals surface area (Å²) in [7, 11) is 0. The van der Waals surface area contributed by atoms with Crippen molar-refractivity contribution in [2.45, 2.75) is 23.1 Å². The van der Waals surface area contributed by atoms with Gasteiger partial charge in [0.1, 0.15) is 18.1 Å². The van der Waals surface area contributed by atoms with Gasteiger partial charge in [-0.3, -0.25) is 14.5 Å². The first-order chi connectivity index (χ1) is 18.9. The molecule has 5 rings (SSSR count). The number of hydrogen-bond acceptors (Lipinski definition) is 9. The second-order valence-corrected chi connectivity index (χ2v) is 11.1. The Labute approximate surface area is 237 Å². The summed E-state index contributed by atoms with van der Waals surface area (Å²) in [6, 6.07) is 16.6. The number of aryl methyl sites for hydroxylation is 1. The van der Waals surface area contributed by atoms with Crippen molar-refractivity contribution in [1.82, 2.24) is 10.2 Å². The van der Waals surface area contributed by atoms with Crippen LogP contribution >= 0.6 is 34.7 Å². The third-order valence-corrected chi connectivity index (χ3v) is 8.36. The van der Waals surface area contributed by atoms with Crippen LogP contribution in [0.25, 0.3) is 0 Å². The zero-order chi connectivity index (χ0) is 27.5. The molecule has 3 heterocycles. The van der Waals surface area contributed by atoms with Crippen molar-refractivity contribution in [2.75, 3.05) is 11.5 Å². The summed E-state index contributed by atoms with van der Waals surface area (Å²) in [5, 5.41) is 20.3. The van der Waals surface area contributed by atoms with Crippen LogP contribution in [0.1, 0.15) is 33.5 Å². The van der Waals surface area contributed by atoms with E-state index in [-0.39, 0.29) is 16.5 Å². The Morgan fingerprint density at radius 1 is 1.21 bits per heavy atom. The van der Waals surface area contributed by atoms with Gasteiger partial charge in [-0.25, -0.2) is 0 Å². The molecule has 2 aromatic carbocycles. The molecule has 0 saturated heterocycles. The van der Waals surface area contributed by atoms with Gasteiger partial charge in [0.25, 0.3) is 5.91 Å². The molecular formula is C28H22ClN3O5S2. The third-order valence-electron chi connectivity index (χ3n) is 5.89. The number of carbonyl (C=O) groups is 2. The second kappa shape index (κ2) is 11.5. The van der Waals surface area contributed by atoms with Crippen LogP contribution in [0.3, 0.4) is 0 Å². The Hall–Kier alpha value is -3.86. The van der Waals surface area contributed by atoms with Gasteiger partial charge in [-0.15, -0.1) is 10.2 Å². The summed E-state index contributed by atoms with van der Waals surface area (Å²) in [6.07, 6.45) is 1.63. The van der Waals surface area contributed by atoms with Gasteiger partial charge in [-0.05, 0) is 48.4 Å². The lowest BCUT2D eigenvalue weighted by Gasteiger charge is -2.24. The van der Waals surface area contributed by atoms with Crippen molar-refractivity contribution >= 4 is 51.5 Å². The number of ketones is 1. The Morgan fingerprint density at radius 3 is 2.67 bits per heavy atom. The van der Waals surface area contributed by atoms with Gasteiger partial charge in [0.05, 0.1) is 11.6 Å². The molecule has 1 aliphatic rings. The predicted molar refractivity (Wildman–Crippen MR) is 151 cm³/mol. The van der Waals surface area contributed by atoms with Crippen LogP contribution in [-0.2, 0) is 10.5 Å². The Kier molecular flexibility index (Phi) is 7.87. The number of anilines is 1. The number of aromatic nitrogens is 2. The average molecular weight is 580 g/mol. The number of nitrogens with zero attached hydrogens (tertiary/aromatic N) is 3. The minimum Gasteiger partial charge on any atom is -0.503 e. The van der Waals surface area contributed by atoms with Crippen LogP contribution in [0.5, 0.6) is 5.75 Å². The van der Waals surface area contributed by atoms with E-state index >= 15 is 0 Å². The fraction of sp³-hybridized carbons (Fsp3) is 0.143. The molecule has 4 aromatic rings. The van der Waals surface area contributed by atoms with Crippen molar-refractivity contribution in [3.8, 4) is 5.75 Å². The minimum absolute atomic E-state index is 0.0212. The fourth-order valence-corrected chi connectivity index (χ4v) is 6.21. The van der Waals surface area contributed by atoms with Gasteiger partial charge >= 0.3 is 0 Å². The lowest BCUT2D eigenvalue weighted by Crippen LogP contribution is -2.31. The highest BCUT2D eigenvalue weighted by Crippen LogP contribution is 2.44. The Morgan fingerprint density at radius 2 is 1.97 bits per heavy atom. The van der Waals surface area contributed by atoms with Crippen LogP contribution < -0.4 is 9.64 Å². The van der Waals surface area contributed by atoms with E-state index in [2.05, 4.69) is 16.8 Å². The van der Waals surface area contributed by atoms with E-state index in [9.17, 15) is 14.7 Å². The maximum absolute atomic E-state index is 13.5. The number of Topliss-reactive ketones (excluding diaryl/α,β-unsaturated/α-hetero) is 1. The minimum atomic E-state index is -0.960. The van der Waals surface area contributed by atoms with Crippen LogP contribution in [0.4, 0.5) is 5.13 Å². The van der Waals surface area contributed by atoms with Crippen molar-refractivity contribution in [3.63, 3.8) is 0 Å². The summed E-state index contributed by atoms with van der Waals surface area (Å²) in [6.45, 7) is 5.68. The molecule has 1 N–H and O–H groups in total. The van der Waals surface area contributed by atoms with E-state index in [1.165, 1.54) is 34.1 Å². The number of rotatable bonds is 10. The van der Waals surface area contributed by atoms with Gasteiger partial charge in [-0.1, -0.05) is 77.7 Å². The molecule has 0 radical (unpaired) electrons. The van der Waals surface area contributed by atoms with Gasteiger partial charge < -0.3 is 14.3 Å². The first-order valence-electron chi connectivity index (χ1n) is 11.8. The largest absolute Gasteiger partial charge is 0.503 e. The number of furan rings is 1. The second-order valence-electron chi connectivity index (χ2n) is 8.48. The van der Waals surface area contributed by atoms with Crippen molar-refractivity contribution in [2.24, 2.45) is 0 Å². The number of benzene rings is 2. The normalized spacial score (nSPS) is 15.2. The summed E-state index contributed by atoms with van der Waals surface area (Å²) in [5.74, 6) is -0.304. The Bertz CT molecular complexity index is 1580. The summed E-state index contributed by atoms with van der Waals surface area (Å²) in [4.78, 5) is 28.2. The molecule has 0 spiro atoms. The van der Waals surface area contributed by atoms with E-state index in [0.29, 0.717) is 38.8 Å². The van der Waals surface area contributed by atoms with Crippen LogP contribution in [0.2, 0.25) is 5.02 Å². The van der Waals surface area contributed by atoms with Gasteiger partial charge in [0, 0.05) is 10.8 Å². The number of aliphatic hydroxyl groups excluding tert-OH is 1. The van der Waals surface area contributed by atoms with E-state index in [1.807, 2.05) is 24.3 Å². The van der Waals surface area contributed by atoms with Gasteiger partial charge in [0.15, 0.2) is 15.9 Å². The summed E-state index contributed by atoms with van der Waals surface area (Å²) >= 11 is 8.88. The van der Waals surface area contributed by atoms with Gasteiger partial charge in [-0.2, -0.15) is 0 Å². The lowest BCUT2D eigenvalue weighted by molar-refractivity contribution is -0.117. The average Bonchev–Trinajstić information content (AvgIpc) is 3.65. The van der Waals surface area contributed by atoms with Crippen molar-refractivity contribution in [1.29, 1.82) is 0 Å². The highest BCUT2D eigenvalue weighted by molar-refractivity contribution is 8.00. The van der Waals surface area contributed by atoms with E-state index in [4.69, 9.17) is 20.8 Å². The molecule has 1 atom stereocenters. The number of aliphatic hydroxyl groups is 1. The van der Waals surface area contributed by atoms with Crippen LogP contribution in [0, 0.1) is 6.92 Å². The van der Waals surface area contributed by atoms with Crippen LogP contribution in [-0.4, -0.2) is 33.6 Å². The molecule has 0 bridgehead atoms. The first kappa shape index (κ1) is 26.7. The van der Waals surface area contributed by atoms with Gasteiger partial charge in [0.2, 0.25) is 10.9 Å². The molecule has 1 aliphatic heterocycles. The standard InChI is InChI=1S/C28H22ClN3O5S2/c1-3-14-36-19-11-9-17(10-12-19)23-22(24(33)21-13-8-16(2)37-21)25(34)26(35)32(23)27-30-31-28(39-27)38-15-18-6-4-5-7-20(18)29/h3-13,23,34H,1,14-15H2,2H3. The molecule has 0 fully saturated rings. The van der Waals surface area contributed by atoms with E-state index in [1.54, 1.807) is 43.3 Å². The number of halogens is 1. The lowest BCUT2D eigenvalue weighted by atomic mass is 9.95. The zero-order valence-electron chi connectivity index (χ0n) is 20.7. The predicted octanol–water partition coefficient (Wildman–Crippen LogP) is 6.73. The maximum atomic E-state index is 13.5. The number of hydrogen-bond donors (Lipinski definition) is 1. The molecule has 0 saturated carbocycles. The maximum Gasteiger partial charge on any atom is 0.296 e. The highest BCUT2D eigenvalue weighted by atomic mass is 35.5. The smallest absolute Gasteiger partial charge is 0.296 e. The molecule has 1 unspecified atom stereocenters. The molecule has 8 nitrogen and oxygen atoms in total.